The van der Waals surface area contributed by atoms with Crippen LogP contribution in [-0.4, -0.2) is 43.9 Å². The number of nitrogens with one attached hydrogen (secondary N) is 1. The Morgan fingerprint density at radius 2 is 2.06 bits per heavy atom. The Morgan fingerprint density at radius 3 is 2.62 bits per heavy atom. The minimum Gasteiger partial charge on any atom is -0.322 e. The van der Waals surface area contributed by atoms with Crippen LogP contribution >= 0.6 is 11.3 Å². The highest BCUT2D eigenvalue weighted by molar-refractivity contribution is 7.91. The number of amides is 2. The molecule has 1 saturated heterocycles. The average Bonchev–Trinajstić information content (AvgIpc) is 2.70. The summed E-state index contributed by atoms with van der Waals surface area (Å²) in [4.78, 5) is 13.2. The van der Waals surface area contributed by atoms with Gasteiger partial charge in [0, 0.05) is 18.5 Å². The van der Waals surface area contributed by atoms with Gasteiger partial charge in [0.2, 0.25) is 0 Å². The molecule has 16 heavy (non-hydrogen) atoms. The van der Waals surface area contributed by atoms with Crippen molar-refractivity contribution in [3.63, 3.8) is 0 Å². The third kappa shape index (κ3) is 2.73. The molecule has 0 aliphatic carbocycles. The van der Waals surface area contributed by atoms with E-state index in [1.165, 1.54) is 16.2 Å². The molecule has 0 radical (unpaired) electrons. The second-order valence-corrected chi connectivity index (χ2v) is 6.66. The molecule has 1 fully saturated rings. The quantitative estimate of drug-likeness (QED) is 0.819. The lowest BCUT2D eigenvalue weighted by molar-refractivity contribution is 0.216. The fraction of sp³-hybridized carbons (Fsp3) is 0.444. The van der Waals surface area contributed by atoms with Crippen molar-refractivity contribution < 1.29 is 13.2 Å². The molecule has 0 bridgehead atoms. The first kappa shape index (κ1) is 11.4. The van der Waals surface area contributed by atoms with Crippen LogP contribution in [0.3, 0.4) is 0 Å². The predicted molar refractivity (Wildman–Crippen MR) is 63.6 cm³/mol. The molecule has 2 rings (SSSR count). The molecule has 0 spiro atoms. The van der Waals surface area contributed by atoms with Crippen LogP contribution < -0.4 is 5.32 Å². The zero-order chi connectivity index (χ0) is 11.6. The first-order chi connectivity index (χ1) is 7.57. The molecular formula is C9H12N2O3S2. The summed E-state index contributed by atoms with van der Waals surface area (Å²) in [6.45, 7) is 0.552. The van der Waals surface area contributed by atoms with Gasteiger partial charge in [-0.2, -0.15) is 11.3 Å². The van der Waals surface area contributed by atoms with E-state index in [-0.39, 0.29) is 30.6 Å². The van der Waals surface area contributed by atoms with Gasteiger partial charge in [-0.15, -0.1) is 0 Å². The lowest BCUT2D eigenvalue weighted by Crippen LogP contribution is -2.45. The van der Waals surface area contributed by atoms with Crippen molar-refractivity contribution in [2.45, 2.75) is 0 Å². The SMILES string of the molecule is O=C(Nc1ccsc1)N1CCS(=O)(=O)CC1. The van der Waals surface area contributed by atoms with Crippen LogP contribution in [0.5, 0.6) is 0 Å². The van der Waals surface area contributed by atoms with Crippen molar-refractivity contribution in [2.75, 3.05) is 29.9 Å². The van der Waals surface area contributed by atoms with Gasteiger partial charge in [-0.1, -0.05) is 0 Å². The molecule has 0 atom stereocenters. The number of anilines is 1. The van der Waals surface area contributed by atoms with Crippen molar-refractivity contribution in [3.8, 4) is 0 Å². The highest BCUT2D eigenvalue weighted by Crippen LogP contribution is 2.13. The Bertz CT molecular complexity index is 453. The molecule has 1 aliphatic heterocycles. The van der Waals surface area contributed by atoms with Gasteiger partial charge >= 0.3 is 6.03 Å². The van der Waals surface area contributed by atoms with Crippen LogP contribution in [0.25, 0.3) is 0 Å². The van der Waals surface area contributed by atoms with Crippen LogP contribution in [0.2, 0.25) is 0 Å². The first-order valence-electron chi connectivity index (χ1n) is 4.85. The van der Waals surface area contributed by atoms with Gasteiger partial charge in [0.15, 0.2) is 9.84 Å². The maximum Gasteiger partial charge on any atom is 0.321 e. The second kappa shape index (κ2) is 4.42. The molecule has 7 heteroatoms. The number of rotatable bonds is 1. The fourth-order valence-corrected chi connectivity index (χ4v) is 3.24. The van der Waals surface area contributed by atoms with E-state index in [0.29, 0.717) is 0 Å². The van der Waals surface area contributed by atoms with E-state index in [1.54, 1.807) is 0 Å². The van der Waals surface area contributed by atoms with Crippen molar-refractivity contribution in [2.24, 2.45) is 0 Å². The van der Waals surface area contributed by atoms with Crippen molar-refractivity contribution in [1.82, 2.24) is 4.90 Å². The van der Waals surface area contributed by atoms with E-state index >= 15 is 0 Å². The number of hydrogen-bond acceptors (Lipinski definition) is 4. The average molecular weight is 260 g/mol. The standard InChI is InChI=1S/C9H12N2O3S2/c12-9(10-8-1-4-15-7-8)11-2-5-16(13,14)6-3-11/h1,4,7H,2-3,5-6H2,(H,10,12). The third-order valence-corrected chi connectivity index (χ3v) is 4.70. The smallest absolute Gasteiger partial charge is 0.321 e. The molecule has 0 saturated carbocycles. The third-order valence-electron chi connectivity index (χ3n) is 2.40. The Balaban J connectivity index is 1.92. The van der Waals surface area contributed by atoms with Crippen LogP contribution in [0.4, 0.5) is 10.5 Å². The summed E-state index contributed by atoms with van der Waals surface area (Å²) in [5, 5.41) is 6.42. The van der Waals surface area contributed by atoms with Gasteiger partial charge in [-0.05, 0) is 11.4 Å². The number of nitrogens with zero attached hydrogens (tertiary/aromatic N) is 1. The lowest BCUT2D eigenvalue weighted by atomic mass is 10.5. The lowest BCUT2D eigenvalue weighted by Gasteiger charge is -2.26. The largest absolute Gasteiger partial charge is 0.322 e. The highest BCUT2D eigenvalue weighted by Gasteiger charge is 2.24. The Hall–Kier alpha value is -1.08. The Kier molecular flexibility index (Phi) is 3.15. The highest BCUT2D eigenvalue weighted by atomic mass is 32.2. The van der Waals surface area contributed by atoms with Crippen LogP contribution in [-0.2, 0) is 9.84 Å². The zero-order valence-corrected chi connectivity index (χ0v) is 10.2. The molecule has 0 unspecified atom stereocenters. The Morgan fingerprint density at radius 1 is 1.38 bits per heavy atom. The fourth-order valence-electron chi connectivity index (χ4n) is 1.45. The molecule has 1 N–H and O–H groups in total. The van der Waals surface area contributed by atoms with E-state index in [1.807, 2.05) is 16.8 Å². The number of hydrogen-bond donors (Lipinski definition) is 1. The topological polar surface area (TPSA) is 66.5 Å². The number of carbonyl (C=O) groups excluding carboxylic acids is 1. The van der Waals surface area contributed by atoms with Gasteiger partial charge in [0.25, 0.3) is 0 Å². The van der Waals surface area contributed by atoms with Crippen molar-refractivity contribution in [3.05, 3.63) is 16.8 Å². The second-order valence-electron chi connectivity index (χ2n) is 3.58. The molecule has 0 aromatic carbocycles. The van der Waals surface area contributed by atoms with Gasteiger partial charge in [-0.25, -0.2) is 13.2 Å². The summed E-state index contributed by atoms with van der Waals surface area (Å²) in [6, 6.07) is 1.58. The monoisotopic (exact) mass is 260 g/mol. The van der Waals surface area contributed by atoms with E-state index in [4.69, 9.17) is 0 Å². The van der Waals surface area contributed by atoms with E-state index in [2.05, 4.69) is 5.32 Å². The maximum atomic E-state index is 11.7. The Labute approximate surface area is 98.0 Å². The number of urea groups is 1. The van der Waals surface area contributed by atoms with Crippen LogP contribution in [0.15, 0.2) is 16.8 Å². The van der Waals surface area contributed by atoms with Gasteiger partial charge < -0.3 is 10.2 Å². The maximum absolute atomic E-state index is 11.7. The van der Waals surface area contributed by atoms with Crippen molar-refractivity contribution >= 4 is 32.9 Å². The van der Waals surface area contributed by atoms with Crippen molar-refractivity contribution in [1.29, 1.82) is 0 Å². The summed E-state index contributed by atoms with van der Waals surface area (Å²) in [5.41, 5.74) is 0.753. The van der Waals surface area contributed by atoms with Gasteiger partial charge in [0.05, 0.1) is 17.2 Å². The minimum absolute atomic E-state index is 0.0596. The molecule has 2 amide bonds. The zero-order valence-electron chi connectivity index (χ0n) is 8.55. The molecule has 1 aromatic heterocycles. The summed E-state index contributed by atoms with van der Waals surface area (Å²) in [6.07, 6.45) is 0. The summed E-state index contributed by atoms with van der Waals surface area (Å²) in [5.74, 6) is 0.119. The molecule has 5 nitrogen and oxygen atoms in total. The van der Waals surface area contributed by atoms with Crippen LogP contribution in [0.1, 0.15) is 0 Å². The van der Waals surface area contributed by atoms with Crippen LogP contribution in [0, 0.1) is 0 Å². The van der Waals surface area contributed by atoms with E-state index < -0.39 is 9.84 Å². The summed E-state index contributed by atoms with van der Waals surface area (Å²) >= 11 is 1.50. The number of carbonyl (C=O) groups is 1. The normalized spacial score (nSPS) is 19.4. The van der Waals surface area contributed by atoms with E-state index in [0.717, 1.165) is 5.69 Å². The molecular weight excluding hydrogens is 248 g/mol. The molecule has 2 heterocycles. The van der Waals surface area contributed by atoms with Gasteiger partial charge in [-0.3, -0.25) is 0 Å². The first-order valence-corrected chi connectivity index (χ1v) is 7.62. The summed E-state index contributed by atoms with van der Waals surface area (Å²) in [7, 11) is -2.93. The van der Waals surface area contributed by atoms with E-state index in [9.17, 15) is 13.2 Å². The molecule has 88 valence electrons. The molecule has 1 aromatic rings. The number of thiophene rings is 1. The molecule has 1 aliphatic rings. The predicted octanol–water partition coefficient (Wildman–Crippen LogP) is 1.01. The minimum atomic E-state index is -2.93. The van der Waals surface area contributed by atoms with Gasteiger partial charge in [0.1, 0.15) is 0 Å². The summed E-state index contributed by atoms with van der Waals surface area (Å²) < 4.78 is 22.4. The number of sulfone groups is 1.